The van der Waals surface area contributed by atoms with Gasteiger partial charge in [0.05, 0.1) is 0 Å². The second-order valence-corrected chi connectivity index (χ2v) is 11.2. The Morgan fingerprint density at radius 3 is 1.33 bits per heavy atom. The third-order valence-corrected chi connectivity index (χ3v) is 9.82. The van der Waals surface area contributed by atoms with E-state index in [1.165, 1.54) is 15.9 Å². The molecule has 0 aliphatic carbocycles. The average molecular weight is 487 g/mol. The molecule has 33 heavy (non-hydrogen) atoms. The summed E-state index contributed by atoms with van der Waals surface area (Å²) < 4.78 is 0. The molecule has 0 spiro atoms. The molecule has 0 unspecified atom stereocenters. The van der Waals surface area contributed by atoms with Crippen molar-refractivity contribution in [2.45, 2.75) is 0 Å². The van der Waals surface area contributed by atoms with E-state index < -0.39 is 7.26 Å². The van der Waals surface area contributed by atoms with Crippen molar-refractivity contribution in [3.63, 3.8) is 0 Å². The highest BCUT2D eigenvalue weighted by molar-refractivity contribution is 8.01. The van der Waals surface area contributed by atoms with E-state index in [4.69, 9.17) is 16.6 Å². The second-order valence-electron chi connectivity index (χ2n) is 7.42. The molecular weight excluding hydrogens is 466 g/mol. The number of nitrogens with zero attached hydrogens (tertiary/aromatic N) is 2. The predicted molar refractivity (Wildman–Crippen MR) is 137 cm³/mol. The fourth-order valence-corrected chi connectivity index (χ4v) is 8.46. The van der Waals surface area contributed by atoms with Crippen LogP contribution in [-0.4, -0.2) is 9.97 Å². The van der Waals surface area contributed by atoms with Crippen LogP contribution in [-0.2, 0) is 0 Å². The zero-order valence-electron chi connectivity index (χ0n) is 17.7. The molecule has 0 atom stereocenters. The Balaban J connectivity index is 0.00000259. The van der Waals surface area contributed by atoms with Gasteiger partial charge in [0, 0.05) is 11.6 Å². The summed E-state index contributed by atoms with van der Waals surface area (Å²) in [5.74, 6) is 0.639. The number of rotatable bonds is 5. The lowest BCUT2D eigenvalue weighted by Gasteiger charge is -2.26. The van der Waals surface area contributed by atoms with Crippen molar-refractivity contribution in [2.24, 2.45) is 0 Å². The number of benzene rings is 4. The van der Waals surface area contributed by atoms with E-state index in [0.717, 1.165) is 11.0 Å². The minimum Gasteiger partial charge on any atom is -1.00 e. The first-order chi connectivity index (χ1) is 15.8. The van der Waals surface area contributed by atoms with E-state index in [0.29, 0.717) is 11.0 Å². The van der Waals surface area contributed by atoms with E-state index in [1.54, 1.807) is 0 Å². The lowest BCUT2D eigenvalue weighted by molar-refractivity contribution is -0.00000617. The van der Waals surface area contributed by atoms with E-state index in [1.807, 2.05) is 36.4 Å². The van der Waals surface area contributed by atoms with Crippen LogP contribution in [0.2, 0.25) is 5.15 Å². The quantitative estimate of drug-likeness (QED) is 0.281. The van der Waals surface area contributed by atoms with Crippen LogP contribution in [0.25, 0.3) is 11.4 Å². The SMILES string of the molecule is Clc1cc([P+](c2ccccc2)(c2ccccc2)c2ccccc2)nc(-c2ccccc2)n1.[Cl-]. The predicted octanol–water partition coefficient (Wildman–Crippen LogP) is 2.42. The van der Waals surface area contributed by atoms with Crippen molar-refractivity contribution < 1.29 is 12.4 Å². The van der Waals surface area contributed by atoms with Gasteiger partial charge in [-0.1, -0.05) is 96.5 Å². The summed E-state index contributed by atoms with van der Waals surface area (Å²) in [7, 11) is -2.32. The Morgan fingerprint density at radius 2 is 0.909 bits per heavy atom. The molecule has 162 valence electrons. The van der Waals surface area contributed by atoms with Gasteiger partial charge in [-0.2, -0.15) is 4.98 Å². The molecule has 4 aromatic carbocycles. The van der Waals surface area contributed by atoms with Crippen molar-refractivity contribution in [3.05, 3.63) is 133 Å². The molecule has 0 saturated heterocycles. The van der Waals surface area contributed by atoms with Crippen molar-refractivity contribution in [3.8, 4) is 11.4 Å². The maximum atomic E-state index is 6.63. The molecule has 0 N–H and O–H groups in total. The molecule has 0 radical (unpaired) electrons. The fourth-order valence-electron chi connectivity index (χ4n) is 4.09. The van der Waals surface area contributed by atoms with Gasteiger partial charge in [0.25, 0.3) is 0 Å². The smallest absolute Gasteiger partial charge is 0.203 e. The molecule has 0 amide bonds. The molecule has 0 fully saturated rings. The van der Waals surface area contributed by atoms with Crippen LogP contribution in [0.4, 0.5) is 0 Å². The highest BCUT2D eigenvalue weighted by atomic mass is 35.5. The summed E-state index contributed by atoms with van der Waals surface area (Å²) >= 11 is 6.63. The zero-order chi connectivity index (χ0) is 21.8. The molecule has 0 aliphatic heterocycles. The van der Waals surface area contributed by atoms with Gasteiger partial charge < -0.3 is 12.4 Å². The second kappa shape index (κ2) is 10.3. The Labute approximate surface area is 206 Å². The van der Waals surface area contributed by atoms with Gasteiger partial charge >= 0.3 is 0 Å². The van der Waals surface area contributed by atoms with Crippen molar-refractivity contribution in [1.82, 2.24) is 9.97 Å². The zero-order valence-corrected chi connectivity index (χ0v) is 20.1. The van der Waals surface area contributed by atoms with E-state index in [9.17, 15) is 0 Å². The maximum Gasteiger partial charge on any atom is 0.203 e. The number of aromatic nitrogens is 2. The van der Waals surface area contributed by atoms with E-state index in [2.05, 4.69) is 96.0 Å². The molecular formula is C28H21Cl2N2P. The standard InChI is InChI=1S/C28H21ClN2P.ClH/c29-26-21-27(31-28(30-26)22-13-5-1-6-14-22)32(23-15-7-2-8-16-23,24-17-9-3-10-18-24)25-19-11-4-12-20-25;/h1-21H;1H/q+1;/p-1. The van der Waals surface area contributed by atoms with Crippen LogP contribution < -0.4 is 33.8 Å². The van der Waals surface area contributed by atoms with Gasteiger partial charge in [-0.15, -0.1) is 0 Å². The first-order valence-electron chi connectivity index (χ1n) is 10.4. The van der Waals surface area contributed by atoms with Gasteiger partial charge in [-0.3, -0.25) is 0 Å². The third-order valence-electron chi connectivity index (χ3n) is 5.49. The summed E-state index contributed by atoms with van der Waals surface area (Å²) in [6.07, 6.45) is 0. The molecule has 0 saturated carbocycles. The van der Waals surface area contributed by atoms with E-state index >= 15 is 0 Å². The first-order valence-corrected chi connectivity index (χ1v) is 12.6. The van der Waals surface area contributed by atoms with Gasteiger partial charge in [0.2, 0.25) is 5.44 Å². The average Bonchev–Trinajstić information content (AvgIpc) is 2.87. The van der Waals surface area contributed by atoms with Gasteiger partial charge in [-0.05, 0) is 36.4 Å². The lowest BCUT2D eigenvalue weighted by Crippen LogP contribution is -3.00. The number of hydrogen-bond acceptors (Lipinski definition) is 2. The van der Waals surface area contributed by atoms with Crippen LogP contribution in [0.5, 0.6) is 0 Å². The molecule has 5 rings (SSSR count). The maximum absolute atomic E-state index is 6.63. The van der Waals surface area contributed by atoms with Crippen LogP contribution in [0.15, 0.2) is 127 Å². The summed E-state index contributed by atoms with van der Waals surface area (Å²) in [6.45, 7) is 0. The third kappa shape index (κ3) is 4.43. The largest absolute Gasteiger partial charge is 1.00 e. The first kappa shape index (κ1) is 23.1. The van der Waals surface area contributed by atoms with Gasteiger partial charge in [-0.25, -0.2) is 4.98 Å². The van der Waals surface area contributed by atoms with Gasteiger partial charge in [0.15, 0.2) is 13.1 Å². The van der Waals surface area contributed by atoms with Crippen LogP contribution >= 0.6 is 18.9 Å². The monoisotopic (exact) mass is 486 g/mol. The normalized spacial score (nSPS) is 10.9. The highest BCUT2D eigenvalue weighted by Gasteiger charge is 2.49. The topological polar surface area (TPSA) is 25.8 Å². The number of halogens is 2. The molecule has 2 nitrogen and oxygen atoms in total. The lowest BCUT2D eigenvalue weighted by atomic mass is 10.2. The minimum atomic E-state index is -2.32. The summed E-state index contributed by atoms with van der Waals surface area (Å²) in [6, 6.07) is 43.9. The Kier molecular flexibility index (Phi) is 7.20. The van der Waals surface area contributed by atoms with Crippen molar-refractivity contribution in [1.29, 1.82) is 0 Å². The summed E-state index contributed by atoms with van der Waals surface area (Å²) in [5, 5.41) is 4.13. The number of hydrogen-bond donors (Lipinski definition) is 0. The fraction of sp³-hybridized carbons (Fsp3) is 0. The Morgan fingerprint density at radius 1 is 0.515 bits per heavy atom. The summed E-state index contributed by atoms with van der Waals surface area (Å²) in [4.78, 5) is 9.73. The molecule has 5 aromatic rings. The van der Waals surface area contributed by atoms with Crippen molar-refractivity contribution >= 4 is 40.2 Å². The van der Waals surface area contributed by atoms with E-state index in [-0.39, 0.29) is 12.4 Å². The molecule has 0 bridgehead atoms. The highest BCUT2D eigenvalue weighted by Crippen LogP contribution is 2.53. The molecule has 1 aromatic heterocycles. The van der Waals surface area contributed by atoms with Crippen LogP contribution in [0.3, 0.4) is 0 Å². The Hall–Kier alpha value is -3.03. The van der Waals surface area contributed by atoms with Crippen LogP contribution in [0.1, 0.15) is 0 Å². The van der Waals surface area contributed by atoms with Crippen LogP contribution in [0, 0.1) is 0 Å². The molecule has 5 heteroatoms. The molecule has 1 heterocycles. The molecule has 0 aliphatic rings. The summed E-state index contributed by atoms with van der Waals surface area (Å²) in [5.41, 5.74) is 1.89. The van der Waals surface area contributed by atoms with Crippen molar-refractivity contribution in [2.75, 3.05) is 0 Å². The van der Waals surface area contributed by atoms with Gasteiger partial charge in [0.1, 0.15) is 21.1 Å². The Bertz CT molecular complexity index is 1220. The minimum absolute atomic E-state index is 0.